The smallest absolute Gasteiger partial charge is 0.251 e. The van der Waals surface area contributed by atoms with Crippen LogP contribution in [-0.4, -0.2) is 10.9 Å². The molecule has 1 N–H and O–H groups in total. The molecular formula is C13H14N2OS. The van der Waals surface area contributed by atoms with Crippen LogP contribution in [0.5, 0.6) is 0 Å². The second kappa shape index (κ2) is 5.59. The standard InChI is InChI=1S/C13H14N2OS/c1-2-11(12-4-3-9-17-12)15-13(16)10-5-7-14-8-6-10/h3-9,11H,2H2,1H3,(H,15,16)/t11-/m0/s1. The van der Waals surface area contributed by atoms with Crippen LogP contribution in [0.3, 0.4) is 0 Å². The van der Waals surface area contributed by atoms with Crippen LogP contribution in [0.2, 0.25) is 0 Å². The second-order valence-electron chi connectivity index (χ2n) is 3.69. The Labute approximate surface area is 105 Å². The lowest BCUT2D eigenvalue weighted by Crippen LogP contribution is -2.27. The van der Waals surface area contributed by atoms with Gasteiger partial charge in [-0.25, -0.2) is 0 Å². The zero-order valence-electron chi connectivity index (χ0n) is 9.59. The SMILES string of the molecule is CC[C@H](NC(=O)c1ccncc1)c1cccs1. The van der Waals surface area contributed by atoms with E-state index in [9.17, 15) is 4.79 Å². The van der Waals surface area contributed by atoms with Gasteiger partial charge in [0.25, 0.3) is 5.91 Å². The van der Waals surface area contributed by atoms with Crippen molar-refractivity contribution in [2.45, 2.75) is 19.4 Å². The number of carbonyl (C=O) groups excluding carboxylic acids is 1. The molecule has 0 bridgehead atoms. The number of aromatic nitrogens is 1. The molecule has 0 saturated carbocycles. The maximum Gasteiger partial charge on any atom is 0.251 e. The van der Waals surface area contributed by atoms with E-state index in [2.05, 4.69) is 17.2 Å². The van der Waals surface area contributed by atoms with E-state index < -0.39 is 0 Å². The van der Waals surface area contributed by atoms with Gasteiger partial charge in [-0.05, 0) is 30.0 Å². The molecule has 1 atom stereocenters. The third kappa shape index (κ3) is 2.91. The molecule has 0 saturated heterocycles. The highest BCUT2D eigenvalue weighted by molar-refractivity contribution is 7.10. The first-order valence-corrected chi connectivity index (χ1v) is 6.43. The van der Waals surface area contributed by atoms with E-state index in [1.807, 2.05) is 17.5 Å². The van der Waals surface area contributed by atoms with Crippen molar-refractivity contribution in [3.63, 3.8) is 0 Å². The summed E-state index contributed by atoms with van der Waals surface area (Å²) >= 11 is 1.67. The highest BCUT2D eigenvalue weighted by atomic mass is 32.1. The van der Waals surface area contributed by atoms with E-state index in [0.717, 1.165) is 6.42 Å². The number of amides is 1. The molecule has 2 rings (SSSR count). The van der Waals surface area contributed by atoms with Gasteiger partial charge in [0.2, 0.25) is 0 Å². The maximum absolute atomic E-state index is 12.0. The molecule has 0 aliphatic rings. The lowest BCUT2D eigenvalue weighted by Gasteiger charge is -2.15. The summed E-state index contributed by atoms with van der Waals surface area (Å²) in [5.41, 5.74) is 0.648. The number of nitrogens with one attached hydrogen (secondary N) is 1. The minimum absolute atomic E-state index is 0.0485. The van der Waals surface area contributed by atoms with Crippen molar-refractivity contribution in [1.82, 2.24) is 10.3 Å². The quantitative estimate of drug-likeness (QED) is 0.901. The largest absolute Gasteiger partial charge is 0.344 e. The number of hydrogen-bond acceptors (Lipinski definition) is 3. The van der Waals surface area contributed by atoms with Crippen LogP contribution in [-0.2, 0) is 0 Å². The molecule has 88 valence electrons. The topological polar surface area (TPSA) is 42.0 Å². The van der Waals surface area contributed by atoms with Crippen molar-refractivity contribution in [2.75, 3.05) is 0 Å². The highest BCUT2D eigenvalue weighted by Gasteiger charge is 2.14. The van der Waals surface area contributed by atoms with Gasteiger partial charge >= 0.3 is 0 Å². The van der Waals surface area contributed by atoms with E-state index in [-0.39, 0.29) is 11.9 Å². The fraction of sp³-hybridized carbons (Fsp3) is 0.231. The molecule has 2 heterocycles. The number of rotatable bonds is 4. The first kappa shape index (κ1) is 11.8. The van der Waals surface area contributed by atoms with Crippen molar-refractivity contribution >= 4 is 17.2 Å². The van der Waals surface area contributed by atoms with E-state index in [4.69, 9.17) is 0 Å². The average molecular weight is 246 g/mol. The van der Waals surface area contributed by atoms with Crippen molar-refractivity contribution < 1.29 is 4.79 Å². The van der Waals surface area contributed by atoms with Gasteiger partial charge in [0, 0.05) is 22.8 Å². The summed E-state index contributed by atoms with van der Waals surface area (Å²) in [4.78, 5) is 17.1. The molecule has 1 amide bonds. The van der Waals surface area contributed by atoms with Crippen LogP contribution in [0.1, 0.15) is 34.6 Å². The first-order chi connectivity index (χ1) is 8.31. The average Bonchev–Trinajstić information content (AvgIpc) is 2.90. The molecule has 0 radical (unpaired) electrons. The molecule has 2 aromatic rings. The summed E-state index contributed by atoms with van der Waals surface area (Å²) < 4.78 is 0. The predicted octanol–water partition coefficient (Wildman–Crippen LogP) is 3.02. The number of pyridine rings is 1. The molecule has 0 aromatic carbocycles. The van der Waals surface area contributed by atoms with Crippen molar-refractivity contribution in [3.05, 3.63) is 52.5 Å². The molecule has 3 nitrogen and oxygen atoms in total. The van der Waals surface area contributed by atoms with Crippen LogP contribution in [0.15, 0.2) is 42.0 Å². The van der Waals surface area contributed by atoms with Gasteiger partial charge in [-0.3, -0.25) is 9.78 Å². The van der Waals surface area contributed by atoms with Gasteiger partial charge in [-0.2, -0.15) is 0 Å². The number of hydrogen-bond donors (Lipinski definition) is 1. The Hall–Kier alpha value is -1.68. The van der Waals surface area contributed by atoms with Crippen molar-refractivity contribution in [1.29, 1.82) is 0 Å². The van der Waals surface area contributed by atoms with E-state index in [1.54, 1.807) is 35.9 Å². The van der Waals surface area contributed by atoms with Crippen molar-refractivity contribution in [2.24, 2.45) is 0 Å². The minimum atomic E-state index is -0.0485. The van der Waals surface area contributed by atoms with E-state index in [1.165, 1.54) is 4.88 Å². The minimum Gasteiger partial charge on any atom is -0.344 e. The number of nitrogens with zero attached hydrogens (tertiary/aromatic N) is 1. The van der Waals surface area contributed by atoms with Crippen LogP contribution in [0.4, 0.5) is 0 Å². The van der Waals surface area contributed by atoms with Crippen LogP contribution >= 0.6 is 11.3 Å². The van der Waals surface area contributed by atoms with Crippen LogP contribution < -0.4 is 5.32 Å². The van der Waals surface area contributed by atoms with Gasteiger partial charge in [-0.15, -0.1) is 11.3 Å². The fourth-order valence-electron chi connectivity index (χ4n) is 1.61. The Morgan fingerprint density at radius 2 is 2.18 bits per heavy atom. The maximum atomic E-state index is 12.0. The Morgan fingerprint density at radius 1 is 1.41 bits per heavy atom. The zero-order chi connectivity index (χ0) is 12.1. The summed E-state index contributed by atoms with van der Waals surface area (Å²) in [6.07, 6.45) is 4.14. The van der Waals surface area contributed by atoms with Crippen LogP contribution in [0.25, 0.3) is 0 Å². The van der Waals surface area contributed by atoms with Crippen molar-refractivity contribution in [3.8, 4) is 0 Å². The Morgan fingerprint density at radius 3 is 2.76 bits per heavy atom. The number of thiophene rings is 1. The summed E-state index contributed by atoms with van der Waals surface area (Å²) in [6.45, 7) is 2.07. The molecule has 17 heavy (non-hydrogen) atoms. The lowest BCUT2D eigenvalue weighted by molar-refractivity contribution is 0.0936. The molecule has 0 unspecified atom stereocenters. The first-order valence-electron chi connectivity index (χ1n) is 5.55. The summed E-state index contributed by atoms with van der Waals surface area (Å²) in [5, 5.41) is 5.05. The summed E-state index contributed by atoms with van der Waals surface area (Å²) in [6, 6.07) is 7.58. The van der Waals surface area contributed by atoms with Gasteiger partial charge in [0.1, 0.15) is 0 Å². The molecule has 0 fully saturated rings. The third-order valence-electron chi connectivity index (χ3n) is 2.54. The Balaban J connectivity index is 2.08. The third-order valence-corrected chi connectivity index (χ3v) is 3.53. The summed E-state index contributed by atoms with van der Waals surface area (Å²) in [7, 11) is 0. The summed E-state index contributed by atoms with van der Waals surface area (Å²) in [5.74, 6) is -0.0485. The molecule has 4 heteroatoms. The Bertz CT molecular complexity index is 467. The van der Waals surface area contributed by atoms with Crippen LogP contribution in [0, 0.1) is 0 Å². The fourth-order valence-corrected chi connectivity index (χ4v) is 2.47. The zero-order valence-corrected chi connectivity index (χ0v) is 10.4. The van der Waals surface area contributed by atoms with E-state index >= 15 is 0 Å². The van der Waals surface area contributed by atoms with Gasteiger partial charge in [-0.1, -0.05) is 13.0 Å². The Kier molecular flexibility index (Phi) is 3.88. The molecule has 0 aliphatic heterocycles. The lowest BCUT2D eigenvalue weighted by atomic mass is 10.1. The predicted molar refractivity (Wildman–Crippen MR) is 69.1 cm³/mol. The monoisotopic (exact) mass is 246 g/mol. The van der Waals surface area contributed by atoms with Gasteiger partial charge < -0.3 is 5.32 Å². The van der Waals surface area contributed by atoms with Gasteiger partial charge in [0.05, 0.1) is 6.04 Å². The second-order valence-corrected chi connectivity index (χ2v) is 4.66. The van der Waals surface area contributed by atoms with Gasteiger partial charge in [0.15, 0.2) is 0 Å². The normalized spacial score (nSPS) is 12.1. The molecular weight excluding hydrogens is 232 g/mol. The molecule has 0 spiro atoms. The number of carbonyl (C=O) groups is 1. The van der Waals surface area contributed by atoms with E-state index in [0.29, 0.717) is 5.56 Å². The highest BCUT2D eigenvalue weighted by Crippen LogP contribution is 2.21. The molecule has 2 aromatic heterocycles. The molecule has 0 aliphatic carbocycles.